The van der Waals surface area contributed by atoms with E-state index in [1.54, 1.807) is 23.9 Å². The van der Waals surface area contributed by atoms with Gasteiger partial charge in [-0.1, -0.05) is 26.7 Å². The Morgan fingerprint density at radius 3 is 2.40 bits per heavy atom. The Labute approximate surface area is 184 Å². The zero-order valence-electron chi connectivity index (χ0n) is 17.9. The quantitative estimate of drug-likeness (QED) is 0.680. The van der Waals surface area contributed by atoms with Crippen LogP contribution in [0.15, 0.2) is 23.1 Å². The molecule has 0 radical (unpaired) electrons. The van der Waals surface area contributed by atoms with Crippen molar-refractivity contribution in [1.82, 2.24) is 4.31 Å². The molecule has 0 spiro atoms. The van der Waals surface area contributed by atoms with Crippen LogP contribution in [0.25, 0.3) is 0 Å². The van der Waals surface area contributed by atoms with Gasteiger partial charge in [0.1, 0.15) is 0 Å². The minimum absolute atomic E-state index is 0.106. The average Bonchev–Trinajstić information content (AvgIpc) is 3.02. The molecule has 168 valence electrons. The Morgan fingerprint density at radius 1 is 1.10 bits per heavy atom. The van der Waals surface area contributed by atoms with Gasteiger partial charge in [-0.25, -0.2) is 8.42 Å². The smallest absolute Gasteiger partial charge is 0.243 e. The van der Waals surface area contributed by atoms with Gasteiger partial charge < -0.3 is 15.0 Å². The first-order chi connectivity index (χ1) is 14.4. The Bertz CT molecular complexity index is 816. The van der Waals surface area contributed by atoms with E-state index >= 15 is 0 Å². The summed E-state index contributed by atoms with van der Waals surface area (Å²) in [4.78, 5) is 15.0. The highest BCUT2D eigenvalue weighted by Crippen LogP contribution is 2.32. The van der Waals surface area contributed by atoms with Crippen LogP contribution in [0.2, 0.25) is 0 Å². The molecule has 2 heterocycles. The molecule has 30 heavy (non-hydrogen) atoms. The monoisotopic (exact) mass is 455 g/mol. The van der Waals surface area contributed by atoms with Crippen LogP contribution in [-0.4, -0.2) is 69.0 Å². The Balaban J connectivity index is 1.89. The standard InChI is InChI=1S/C21H33N3O4S2/c1-17(2)29-16-21(25)22-19-15-18(30(26,27)24-11-13-28-14-12-24)7-8-20(19)23-9-5-3-4-6-10-23/h7-8,15,17H,3-6,9-14,16H2,1-2H3,(H,22,25). The minimum Gasteiger partial charge on any atom is -0.379 e. The third-order valence-corrected chi connectivity index (χ3v) is 8.33. The maximum Gasteiger partial charge on any atom is 0.243 e. The van der Waals surface area contributed by atoms with E-state index in [1.165, 1.54) is 17.1 Å². The third-order valence-electron chi connectivity index (χ3n) is 5.34. The Hall–Kier alpha value is -1.29. The first kappa shape index (κ1) is 23.4. The van der Waals surface area contributed by atoms with Gasteiger partial charge in [0.15, 0.2) is 0 Å². The lowest BCUT2D eigenvalue weighted by Gasteiger charge is -2.28. The predicted octanol–water partition coefficient (Wildman–Crippen LogP) is 3.17. The maximum atomic E-state index is 13.1. The minimum atomic E-state index is -3.62. The fraction of sp³-hybridized carbons (Fsp3) is 0.667. The molecule has 0 aromatic heterocycles. The number of carbonyl (C=O) groups excluding carboxylic acids is 1. The largest absolute Gasteiger partial charge is 0.379 e. The number of thioether (sulfide) groups is 1. The summed E-state index contributed by atoms with van der Waals surface area (Å²) in [6.45, 7) is 7.44. The van der Waals surface area contributed by atoms with Crippen LogP contribution in [0.1, 0.15) is 39.5 Å². The van der Waals surface area contributed by atoms with Gasteiger partial charge >= 0.3 is 0 Å². The molecule has 1 aromatic rings. The fourth-order valence-electron chi connectivity index (χ4n) is 3.73. The molecular weight excluding hydrogens is 422 g/mol. The molecule has 0 aliphatic carbocycles. The number of sulfonamides is 1. The predicted molar refractivity (Wildman–Crippen MR) is 123 cm³/mol. The summed E-state index contributed by atoms with van der Waals surface area (Å²) in [5.74, 6) is 0.239. The molecule has 2 aliphatic rings. The summed E-state index contributed by atoms with van der Waals surface area (Å²) in [6, 6.07) is 5.15. The van der Waals surface area contributed by atoms with Crippen LogP contribution in [-0.2, 0) is 19.6 Å². The molecule has 1 amide bonds. The maximum absolute atomic E-state index is 13.1. The molecule has 1 aromatic carbocycles. The summed E-state index contributed by atoms with van der Waals surface area (Å²) in [7, 11) is -3.62. The molecule has 7 nitrogen and oxygen atoms in total. The van der Waals surface area contributed by atoms with Gasteiger partial charge in [-0.15, -0.1) is 11.8 Å². The van der Waals surface area contributed by atoms with Gasteiger partial charge in [-0.05, 0) is 36.3 Å². The summed E-state index contributed by atoms with van der Waals surface area (Å²) < 4.78 is 33.0. The van der Waals surface area contributed by atoms with Crippen molar-refractivity contribution in [1.29, 1.82) is 0 Å². The van der Waals surface area contributed by atoms with Crippen LogP contribution in [0.3, 0.4) is 0 Å². The Kier molecular flexibility index (Phi) is 8.44. The second-order valence-corrected chi connectivity index (χ2v) is 11.5. The summed E-state index contributed by atoms with van der Waals surface area (Å²) in [5, 5.41) is 3.35. The fourth-order valence-corrected chi connectivity index (χ4v) is 5.72. The molecule has 0 bridgehead atoms. The zero-order chi connectivity index (χ0) is 21.6. The second kappa shape index (κ2) is 10.8. The number of carbonyl (C=O) groups is 1. The normalized spacial score (nSPS) is 19.0. The first-order valence-electron chi connectivity index (χ1n) is 10.8. The van der Waals surface area contributed by atoms with Crippen LogP contribution >= 0.6 is 11.8 Å². The van der Waals surface area contributed by atoms with Gasteiger partial charge in [0, 0.05) is 26.2 Å². The topological polar surface area (TPSA) is 79.0 Å². The molecule has 2 aliphatic heterocycles. The number of benzene rings is 1. The van der Waals surface area contributed by atoms with E-state index < -0.39 is 10.0 Å². The number of amides is 1. The van der Waals surface area contributed by atoms with Gasteiger partial charge in [0.05, 0.1) is 35.2 Å². The van der Waals surface area contributed by atoms with Crippen LogP contribution in [0, 0.1) is 0 Å². The molecule has 3 rings (SSSR count). The molecule has 0 unspecified atom stereocenters. The van der Waals surface area contributed by atoms with Crippen molar-refractivity contribution < 1.29 is 17.9 Å². The van der Waals surface area contributed by atoms with E-state index in [4.69, 9.17) is 4.74 Å². The number of anilines is 2. The van der Waals surface area contributed by atoms with Crippen molar-refractivity contribution in [3.63, 3.8) is 0 Å². The summed E-state index contributed by atoms with van der Waals surface area (Å²) in [5.41, 5.74) is 1.49. The van der Waals surface area contributed by atoms with Crippen molar-refractivity contribution in [2.24, 2.45) is 0 Å². The first-order valence-corrected chi connectivity index (χ1v) is 13.2. The van der Waals surface area contributed by atoms with E-state index in [0.717, 1.165) is 31.6 Å². The molecule has 0 saturated carbocycles. The molecule has 9 heteroatoms. The number of hydrogen-bond donors (Lipinski definition) is 1. The number of hydrogen-bond acceptors (Lipinski definition) is 6. The van der Waals surface area contributed by atoms with Crippen molar-refractivity contribution >= 4 is 39.1 Å². The average molecular weight is 456 g/mol. The number of nitrogens with one attached hydrogen (secondary N) is 1. The molecule has 1 N–H and O–H groups in total. The lowest BCUT2D eigenvalue weighted by Crippen LogP contribution is -2.40. The van der Waals surface area contributed by atoms with Crippen LogP contribution in [0.4, 0.5) is 11.4 Å². The van der Waals surface area contributed by atoms with E-state index in [2.05, 4.69) is 24.1 Å². The lowest BCUT2D eigenvalue weighted by atomic mass is 10.2. The van der Waals surface area contributed by atoms with E-state index in [0.29, 0.717) is 43.0 Å². The van der Waals surface area contributed by atoms with Crippen molar-refractivity contribution in [3.05, 3.63) is 18.2 Å². The van der Waals surface area contributed by atoms with E-state index in [-0.39, 0.29) is 10.8 Å². The third kappa shape index (κ3) is 6.12. The molecule has 0 atom stereocenters. The highest BCUT2D eigenvalue weighted by molar-refractivity contribution is 8.00. The number of morpholine rings is 1. The van der Waals surface area contributed by atoms with Crippen LogP contribution in [0.5, 0.6) is 0 Å². The highest BCUT2D eigenvalue weighted by Gasteiger charge is 2.28. The van der Waals surface area contributed by atoms with Gasteiger partial charge in [-0.3, -0.25) is 4.79 Å². The highest BCUT2D eigenvalue weighted by atomic mass is 32.2. The van der Waals surface area contributed by atoms with Crippen molar-refractivity contribution in [2.75, 3.05) is 55.4 Å². The number of nitrogens with zero attached hydrogens (tertiary/aromatic N) is 2. The van der Waals surface area contributed by atoms with Crippen molar-refractivity contribution in [2.45, 2.75) is 49.7 Å². The lowest BCUT2D eigenvalue weighted by molar-refractivity contribution is -0.113. The number of ether oxygens (including phenoxy) is 1. The van der Waals surface area contributed by atoms with Gasteiger partial charge in [0.25, 0.3) is 0 Å². The van der Waals surface area contributed by atoms with E-state index in [1.807, 2.05) is 6.07 Å². The Morgan fingerprint density at radius 2 is 1.77 bits per heavy atom. The zero-order valence-corrected chi connectivity index (χ0v) is 19.6. The van der Waals surface area contributed by atoms with E-state index in [9.17, 15) is 13.2 Å². The second-order valence-electron chi connectivity index (χ2n) is 8.00. The van der Waals surface area contributed by atoms with Crippen molar-refractivity contribution in [3.8, 4) is 0 Å². The van der Waals surface area contributed by atoms with Gasteiger partial charge in [0.2, 0.25) is 15.9 Å². The van der Waals surface area contributed by atoms with Gasteiger partial charge in [-0.2, -0.15) is 4.31 Å². The summed E-state index contributed by atoms with van der Waals surface area (Å²) in [6.07, 6.45) is 4.61. The number of rotatable bonds is 7. The van der Waals surface area contributed by atoms with Crippen LogP contribution < -0.4 is 10.2 Å². The SMILES string of the molecule is CC(C)SCC(=O)Nc1cc(S(=O)(=O)N2CCOCC2)ccc1N1CCCCCC1. The molecular formula is C21H33N3O4S2. The molecule has 2 fully saturated rings. The molecule has 2 saturated heterocycles. The summed E-state index contributed by atoms with van der Waals surface area (Å²) >= 11 is 1.57.